The first-order valence-corrected chi connectivity index (χ1v) is 13.7. The van der Waals surface area contributed by atoms with Crippen LogP contribution in [0.1, 0.15) is 82.8 Å². The monoisotopic (exact) mass is 456 g/mol. The lowest BCUT2D eigenvalue weighted by atomic mass is 9.48. The third-order valence-corrected chi connectivity index (χ3v) is 11.0. The summed E-state index contributed by atoms with van der Waals surface area (Å²) in [5, 5.41) is 20.6. The number of aliphatic hydroxyl groups excluding tert-OH is 1. The third-order valence-electron chi connectivity index (χ3n) is 11.0. The molecule has 5 aliphatic rings. The standard InChI is InChI=1S/C31H40N2O/c1-30-13-11-25(33-15-3-4-16-33)19-24(30)9-10-26-27(30)12-14-31(2)28(26)18-23(29(31)34)17-21-5-7-22(20-32)8-6-21/h5-9,17,25-29,34H,3-4,10-16,18-19H2,1-2H3/b23-17+/t25-,26+,27-,28-,29-,30-,31-/m0/s1. The second kappa shape index (κ2) is 8.35. The average molecular weight is 457 g/mol. The van der Waals surface area contributed by atoms with Gasteiger partial charge in [0.2, 0.25) is 0 Å². The first-order chi connectivity index (χ1) is 16.4. The fourth-order valence-electron chi connectivity index (χ4n) is 8.93. The summed E-state index contributed by atoms with van der Waals surface area (Å²) >= 11 is 0. The quantitative estimate of drug-likeness (QED) is 0.528. The molecule has 1 aliphatic heterocycles. The minimum Gasteiger partial charge on any atom is -0.388 e. The van der Waals surface area contributed by atoms with Crippen molar-refractivity contribution in [2.24, 2.45) is 28.6 Å². The molecule has 0 radical (unpaired) electrons. The van der Waals surface area contributed by atoms with Crippen molar-refractivity contribution in [1.29, 1.82) is 5.26 Å². The van der Waals surface area contributed by atoms with E-state index in [2.05, 4.69) is 37.0 Å². The Morgan fingerprint density at radius 1 is 1.03 bits per heavy atom. The number of nitriles is 1. The minimum absolute atomic E-state index is 0.00590. The molecule has 0 aromatic heterocycles. The molecule has 1 saturated heterocycles. The molecular weight excluding hydrogens is 416 g/mol. The predicted molar refractivity (Wildman–Crippen MR) is 137 cm³/mol. The van der Waals surface area contributed by atoms with Crippen LogP contribution in [0.25, 0.3) is 6.08 Å². The van der Waals surface area contributed by atoms with Gasteiger partial charge < -0.3 is 10.0 Å². The molecule has 4 aliphatic carbocycles. The van der Waals surface area contributed by atoms with Crippen LogP contribution in [0.3, 0.4) is 0 Å². The van der Waals surface area contributed by atoms with Crippen molar-refractivity contribution in [1.82, 2.24) is 4.90 Å². The molecule has 1 aromatic rings. The topological polar surface area (TPSA) is 47.3 Å². The Hall–Kier alpha value is -1.89. The Balaban J connectivity index is 1.25. The smallest absolute Gasteiger partial charge is 0.0991 e. The fraction of sp³-hybridized carbons (Fsp3) is 0.645. The van der Waals surface area contributed by atoms with Crippen LogP contribution < -0.4 is 0 Å². The Labute approximate surface area is 205 Å². The zero-order valence-electron chi connectivity index (χ0n) is 21.0. The van der Waals surface area contributed by atoms with E-state index in [-0.39, 0.29) is 11.5 Å². The van der Waals surface area contributed by atoms with Crippen LogP contribution in [-0.2, 0) is 0 Å². The van der Waals surface area contributed by atoms with Crippen molar-refractivity contribution in [2.75, 3.05) is 13.1 Å². The summed E-state index contributed by atoms with van der Waals surface area (Å²) in [6.07, 6.45) is 15.9. The summed E-state index contributed by atoms with van der Waals surface area (Å²) in [6.45, 7) is 7.59. The van der Waals surface area contributed by atoms with Crippen molar-refractivity contribution in [3.63, 3.8) is 0 Å². The van der Waals surface area contributed by atoms with Crippen LogP contribution >= 0.6 is 0 Å². The van der Waals surface area contributed by atoms with Crippen LogP contribution in [0.15, 0.2) is 41.5 Å². The van der Waals surface area contributed by atoms with Crippen molar-refractivity contribution < 1.29 is 5.11 Å². The van der Waals surface area contributed by atoms with Crippen LogP contribution in [0.4, 0.5) is 0 Å². The molecule has 3 heteroatoms. The largest absolute Gasteiger partial charge is 0.388 e. The summed E-state index contributed by atoms with van der Waals surface area (Å²) in [5.41, 5.74) is 5.13. The van der Waals surface area contributed by atoms with Crippen LogP contribution in [0.5, 0.6) is 0 Å². The Kier molecular flexibility index (Phi) is 5.54. The van der Waals surface area contributed by atoms with Gasteiger partial charge in [0.05, 0.1) is 17.7 Å². The first kappa shape index (κ1) is 22.6. The van der Waals surface area contributed by atoms with Gasteiger partial charge >= 0.3 is 0 Å². The van der Waals surface area contributed by atoms with Gasteiger partial charge in [0.25, 0.3) is 0 Å². The Morgan fingerprint density at radius 2 is 1.79 bits per heavy atom. The number of hydrogen-bond donors (Lipinski definition) is 1. The number of nitrogens with zero attached hydrogens (tertiary/aromatic N) is 2. The molecule has 3 nitrogen and oxygen atoms in total. The van der Waals surface area contributed by atoms with Crippen molar-refractivity contribution in [3.8, 4) is 6.07 Å². The molecule has 0 amide bonds. The molecule has 3 saturated carbocycles. The lowest BCUT2D eigenvalue weighted by molar-refractivity contribution is -0.0662. The lowest BCUT2D eigenvalue weighted by Gasteiger charge is -2.58. The van der Waals surface area contributed by atoms with E-state index in [1.54, 1.807) is 5.57 Å². The van der Waals surface area contributed by atoms with Gasteiger partial charge in [-0.1, -0.05) is 43.7 Å². The highest BCUT2D eigenvalue weighted by atomic mass is 16.3. The predicted octanol–water partition coefficient (Wildman–Crippen LogP) is 6.34. The maximum atomic E-state index is 11.5. The summed E-state index contributed by atoms with van der Waals surface area (Å²) in [5.74, 6) is 2.03. The molecular formula is C31H40N2O. The molecule has 1 N–H and O–H groups in total. The maximum Gasteiger partial charge on any atom is 0.0991 e. The fourth-order valence-corrected chi connectivity index (χ4v) is 8.93. The summed E-state index contributed by atoms with van der Waals surface area (Å²) in [4.78, 5) is 2.78. The van der Waals surface area contributed by atoms with Gasteiger partial charge in [-0.3, -0.25) is 0 Å². The van der Waals surface area contributed by atoms with E-state index in [0.29, 0.717) is 22.8 Å². The molecule has 1 aromatic carbocycles. The molecule has 0 spiro atoms. The molecule has 1 heterocycles. The molecule has 180 valence electrons. The molecule has 34 heavy (non-hydrogen) atoms. The van der Waals surface area contributed by atoms with Gasteiger partial charge in [-0.15, -0.1) is 0 Å². The van der Waals surface area contributed by atoms with Crippen molar-refractivity contribution in [2.45, 2.75) is 83.8 Å². The highest BCUT2D eigenvalue weighted by Gasteiger charge is 2.59. The third kappa shape index (κ3) is 3.44. The molecule has 7 atom stereocenters. The van der Waals surface area contributed by atoms with Gasteiger partial charge in [-0.2, -0.15) is 5.26 Å². The molecule has 0 unspecified atom stereocenters. The Morgan fingerprint density at radius 3 is 2.53 bits per heavy atom. The summed E-state index contributed by atoms with van der Waals surface area (Å²) in [6, 6.07) is 10.8. The van der Waals surface area contributed by atoms with E-state index in [9.17, 15) is 5.11 Å². The van der Waals surface area contributed by atoms with Gasteiger partial charge in [-0.05, 0) is 117 Å². The number of hydrogen-bond acceptors (Lipinski definition) is 3. The highest BCUT2D eigenvalue weighted by Crippen LogP contribution is 2.66. The lowest BCUT2D eigenvalue weighted by Crippen LogP contribution is -2.52. The number of fused-ring (bicyclic) bond motifs is 5. The number of allylic oxidation sites excluding steroid dienone is 1. The number of benzene rings is 1. The van der Waals surface area contributed by atoms with E-state index in [4.69, 9.17) is 5.26 Å². The van der Waals surface area contributed by atoms with Crippen LogP contribution in [0.2, 0.25) is 0 Å². The SMILES string of the molecule is C[C@]12CC[C@H]3[C@@H](CC=C4C[C@@H](N5CCCC5)CC[C@@]43C)[C@@H]1C/C(=C\c1ccc(C#N)cc1)[C@@H]2O. The van der Waals surface area contributed by atoms with Crippen LogP contribution in [0, 0.1) is 39.9 Å². The maximum absolute atomic E-state index is 11.5. The normalized spacial score (nSPS) is 43.1. The van der Waals surface area contributed by atoms with Crippen LogP contribution in [-0.4, -0.2) is 35.2 Å². The van der Waals surface area contributed by atoms with E-state index >= 15 is 0 Å². The molecule has 6 rings (SSSR count). The van der Waals surface area contributed by atoms with Crippen molar-refractivity contribution >= 4 is 6.08 Å². The van der Waals surface area contributed by atoms with Gasteiger partial charge in [0.1, 0.15) is 0 Å². The van der Waals surface area contributed by atoms with Gasteiger partial charge in [0, 0.05) is 11.5 Å². The van der Waals surface area contributed by atoms with Crippen molar-refractivity contribution in [3.05, 3.63) is 52.6 Å². The van der Waals surface area contributed by atoms with E-state index in [0.717, 1.165) is 30.4 Å². The van der Waals surface area contributed by atoms with Gasteiger partial charge in [0.15, 0.2) is 0 Å². The zero-order valence-corrected chi connectivity index (χ0v) is 21.0. The average Bonchev–Trinajstić information content (AvgIpc) is 3.47. The number of rotatable bonds is 2. The summed E-state index contributed by atoms with van der Waals surface area (Å²) < 4.78 is 0. The number of likely N-dealkylation sites (tertiary alicyclic amines) is 1. The second-order valence-electron chi connectivity index (χ2n) is 12.5. The molecule has 4 fully saturated rings. The minimum atomic E-state index is -0.349. The van der Waals surface area contributed by atoms with E-state index < -0.39 is 0 Å². The van der Waals surface area contributed by atoms with E-state index in [1.807, 2.05) is 24.3 Å². The number of aliphatic hydroxyl groups is 1. The van der Waals surface area contributed by atoms with Gasteiger partial charge in [-0.25, -0.2) is 0 Å². The first-order valence-electron chi connectivity index (χ1n) is 13.7. The zero-order chi connectivity index (χ0) is 23.5. The highest BCUT2D eigenvalue weighted by molar-refractivity contribution is 5.56. The van der Waals surface area contributed by atoms with E-state index in [1.165, 1.54) is 63.6 Å². The second-order valence-corrected chi connectivity index (χ2v) is 12.5. The molecule has 0 bridgehead atoms. The summed E-state index contributed by atoms with van der Waals surface area (Å²) in [7, 11) is 0. The Bertz CT molecular complexity index is 1040.